The molecular formula is C19H22O. The monoisotopic (exact) mass is 266 g/mol. The molecule has 1 aromatic rings. The van der Waals surface area contributed by atoms with E-state index in [2.05, 4.69) is 49.4 Å². The number of carbonyl (C=O) groups is 1. The number of allylic oxidation sites excluding steroid dienone is 4. The van der Waals surface area contributed by atoms with Crippen LogP contribution in [0.3, 0.4) is 0 Å². The van der Waals surface area contributed by atoms with Crippen molar-refractivity contribution in [1.29, 1.82) is 0 Å². The zero-order valence-electron chi connectivity index (χ0n) is 12.1. The average Bonchev–Trinajstić information content (AvgIpc) is 2.85. The van der Waals surface area contributed by atoms with Gasteiger partial charge in [-0.1, -0.05) is 62.3 Å². The molecule has 0 heterocycles. The Morgan fingerprint density at radius 1 is 1.25 bits per heavy atom. The summed E-state index contributed by atoms with van der Waals surface area (Å²) in [6.45, 7) is 2.17. The first-order valence-electron chi connectivity index (χ1n) is 7.80. The van der Waals surface area contributed by atoms with Gasteiger partial charge in [0.15, 0.2) is 5.78 Å². The Balaban J connectivity index is 1.71. The van der Waals surface area contributed by atoms with Crippen molar-refractivity contribution in [2.75, 3.05) is 0 Å². The molecule has 0 saturated heterocycles. The first kappa shape index (κ1) is 13.4. The van der Waals surface area contributed by atoms with Crippen LogP contribution >= 0.6 is 0 Å². The second-order valence-electron chi connectivity index (χ2n) is 5.95. The lowest BCUT2D eigenvalue weighted by Crippen LogP contribution is -2.11. The largest absolute Gasteiger partial charge is 0.294 e. The number of Topliss-reactive ketones (excluding diaryl/α,β-unsaturated/α-hetero) is 1. The van der Waals surface area contributed by atoms with Gasteiger partial charge in [-0.05, 0) is 29.9 Å². The number of hydrogen-bond acceptors (Lipinski definition) is 1. The van der Waals surface area contributed by atoms with Gasteiger partial charge in [0.2, 0.25) is 0 Å². The highest BCUT2D eigenvalue weighted by molar-refractivity contribution is 5.98. The molecule has 0 unspecified atom stereocenters. The number of hydrogen-bond donors (Lipinski definition) is 0. The molecule has 0 radical (unpaired) electrons. The maximum atomic E-state index is 12.2. The Kier molecular flexibility index (Phi) is 3.86. The highest BCUT2D eigenvalue weighted by Gasteiger charge is 2.31. The van der Waals surface area contributed by atoms with E-state index in [1.807, 2.05) is 0 Å². The topological polar surface area (TPSA) is 17.1 Å². The third kappa shape index (κ3) is 2.49. The summed E-state index contributed by atoms with van der Waals surface area (Å²) in [4.78, 5) is 12.2. The lowest BCUT2D eigenvalue weighted by atomic mass is 9.84. The van der Waals surface area contributed by atoms with E-state index in [1.54, 1.807) is 0 Å². The van der Waals surface area contributed by atoms with Gasteiger partial charge < -0.3 is 0 Å². The van der Waals surface area contributed by atoms with Gasteiger partial charge in [-0.25, -0.2) is 0 Å². The van der Waals surface area contributed by atoms with Crippen molar-refractivity contribution in [3.8, 4) is 0 Å². The standard InChI is InChI=1S/C19H22O/c1-2-3-4-9-19(20)15-10-11-18-16(13-15)12-14-7-5-6-8-17(14)18/h5-8,10-11,13,16,18H,2-4,9,12H2,1H3/t16-,18+/m1/s1. The van der Waals surface area contributed by atoms with Gasteiger partial charge in [0.1, 0.15) is 0 Å². The molecule has 2 aliphatic rings. The van der Waals surface area contributed by atoms with Crippen molar-refractivity contribution in [2.24, 2.45) is 5.92 Å². The molecule has 0 amide bonds. The van der Waals surface area contributed by atoms with Crippen LogP contribution in [0.1, 0.15) is 49.7 Å². The summed E-state index contributed by atoms with van der Waals surface area (Å²) < 4.78 is 0. The van der Waals surface area contributed by atoms with Crippen LogP contribution in [0.25, 0.3) is 0 Å². The second-order valence-corrected chi connectivity index (χ2v) is 5.95. The number of unbranched alkanes of at least 4 members (excludes halogenated alkanes) is 2. The van der Waals surface area contributed by atoms with E-state index in [0.29, 0.717) is 24.0 Å². The predicted molar refractivity (Wildman–Crippen MR) is 82.7 cm³/mol. The Bertz CT molecular complexity index is 565. The maximum Gasteiger partial charge on any atom is 0.162 e. The Morgan fingerprint density at radius 3 is 2.95 bits per heavy atom. The minimum absolute atomic E-state index is 0.323. The lowest BCUT2D eigenvalue weighted by Gasteiger charge is -2.19. The fourth-order valence-corrected chi connectivity index (χ4v) is 3.43. The van der Waals surface area contributed by atoms with E-state index in [1.165, 1.54) is 17.5 Å². The number of rotatable bonds is 5. The van der Waals surface area contributed by atoms with Crippen LogP contribution in [0.2, 0.25) is 0 Å². The molecule has 0 bridgehead atoms. The van der Waals surface area contributed by atoms with Crippen molar-refractivity contribution in [3.63, 3.8) is 0 Å². The van der Waals surface area contributed by atoms with Crippen LogP contribution in [0.4, 0.5) is 0 Å². The molecule has 1 nitrogen and oxygen atoms in total. The van der Waals surface area contributed by atoms with Crippen molar-refractivity contribution in [3.05, 3.63) is 59.2 Å². The zero-order chi connectivity index (χ0) is 13.9. The average molecular weight is 266 g/mol. The smallest absolute Gasteiger partial charge is 0.162 e. The van der Waals surface area contributed by atoms with Crippen molar-refractivity contribution in [2.45, 2.75) is 44.9 Å². The summed E-state index contributed by atoms with van der Waals surface area (Å²) in [5.41, 5.74) is 3.83. The van der Waals surface area contributed by atoms with Gasteiger partial charge in [0.05, 0.1) is 0 Å². The van der Waals surface area contributed by atoms with Gasteiger partial charge >= 0.3 is 0 Å². The molecule has 1 aromatic carbocycles. The Labute approximate surface area is 121 Å². The molecule has 1 heteroatoms. The third-order valence-corrected chi connectivity index (χ3v) is 4.54. The molecule has 0 saturated carbocycles. The molecule has 0 aromatic heterocycles. The molecule has 20 heavy (non-hydrogen) atoms. The predicted octanol–water partition coefficient (Wildman–Crippen LogP) is 4.59. The quantitative estimate of drug-likeness (QED) is 0.712. The van der Waals surface area contributed by atoms with Crippen LogP contribution in [-0.4, -0.2) is 5.78 Å². The SMILES string of the molecule is CCCCCC(=O)C1=C[C@H]2Cc3ccccc3[C@H]2C=C1. The number of ketones is 1. The highest BCUT2D eigenvalue weighted by Crippen LogP contribution is 2.42. The van der Waals surface area contributed by atoms with Crippen molar-refractivity contribution < 1.29 is 4.79 Å². The summed E-state index contributed by atoms with van der Waals surface area (Å²) in [5.74, 6) is 1.30. The molecule has 0 fully saturated rings. The van der Waals surface area contributed by atoms with Gasteiger partial charge in [-0.2, -0.15) is 0 Å². The van der Waals surface area contributed by atoms with Crippen LogP contribution in [0.5, 0.6) is 0 Å². The molecule has 0 aliphatic heterocycles. The van der Waals surface area contributed by atoms with Gasteiger partial charge in [-0.3, -0.25) is 4.79 Å². The van der Waals surface area contributed by atoms with Crippen LogP contribution in [0, 0.1) is 5.92 Å². The molecule has 3 rings (SSSR count). The second kappa shape index (κ2) is 5.78. The van der Waals surface area contributed by atoms with Gasteiger partial charge in [0, 0.05) is 17.9 Å². The molecule has 104 valence electrons. The van der Waals surface area contributed by atoms with Crippen molar-refractivity contribution >= 4 is 5.78 Å². The first-order chi connectivity index (χ1) is 9.79. The molecule has 2 aliphatic carbocycles. The summed E-state index contributed by atoms with van der Waals surface area (Å²) in [7, 11) is 0. The fraction of sp³-hybridized carbons (Fsp3) is 0.421. The summed E-state index contributed by atoms with van der Waals surface area (Å²) >= 11 is 0. The lowest BCUT2D eigenvalue weighted by molar-refractivity contribution is -0.115. The Hall–Kier alpha value is -1.63. The number of fused-ring (bicyclic) bond motifs is 3. The third-order valence-electron chi connectivity index (χ3n) is 4.54. The highest BCUT2D eigenvalue weighted by atomic mass is 16.1. The van der Waals surface area contributed by atoms with E-state index in [9.17, 15) is 4.79 Å². The normalized spacial score (nSPS) is 23.1. The van der Waals surface area contributed by atoms with Gasteiger partial charge in [-0.15, -0.1) is 0 Å². The minimum Gasteiger partial charge on any atom is -0.294 e. The summed E-state index contributed by atoms with van der Waals surface area (Å²) in [5, 5.41) is 0. The van der Waals surface area contributed by atoms with Crippen LogP contribution < -0.4 is 0 Å². The van der Waals surface area contributed by atoms with E-state index in [-0.39, 0.29) is 0 Å². The van der Waals surface area contributed by atoms with E-state index in [0.717, 1.165) is 24.8 Å². The molecule has 2 atom stereocenters. The van der Waals surface area contributed by atoms with Crippen LogP contribution in [-0.2, 0) is 11.2 Å². The van der Waals surface area contributed by atoms with Crippen LogP contribution in [0.15, 0.2) is 48.1 Å². The van der Waals surface area contributed by atoms with E-state index in [4.69, 9.17) is 0 Å². The Morgan fingerprint density at radius 2 is 2.10 bits per heavy atom. The zero-order valence-corrected chi connectivity index (χ0v) is 12.1. The molecule has 0 spiro atoms. The maximum absolute atomic E-state index is 12.2. The number of benzene rings is 1. The molecule has 0 N–H and O–H groups in total. The summed E-state index contributed by atoms with van der Waals surface area (Å²) in [6.07, 6.45) is 11.6. The minimum atomic E-state index is 0.323. The fourth-order valence-electron chi connectivity index (χ4n) is 3.43. The van der Waals surface area contributed by atoms with Gasteiger partial charge in [0.25, 0.3) is 0 Å². The van der Waals surface area contributed by atoms with Crippen molar-refractivity contribution in [1.82, 2.24) is 0 Å². The first-order valence-corrected chi connectivity index (χ1v) is 7.80. The summed E-state index contributed by atoms with van der Waals surface area (Å²) in [6, 6.07) is 8.68. The molecular weight excluding hydrogens is 244 g/mol. The number of carbonyl (C=O) groups excluding carboxylic acids is 1. The van der Waals surface area contributed by atoms with E-state index >= 15 is 0 Å². The van der Waals surface area contributed by atoms with E-state index < -0.39 is 0 Å².